The van der Waals surface area contributed by atoms with Crippen molar-refractivity contribution < 1.29 is 14.8 Å². The fraction of sp³-hybridized carbons (Fsp3) is 0.125. The third-order valence-corrected chi connectivity index (χ3v) is 1.71. The van der Waals surface area contributed by atoms with Crippen molar-refractivity contribution in [3.05, 3.63) is 33.9 Å². The van der Waals surface area contributed by atoms with Gasteiger partial charge in [-0.05, 0) is 12.1 Å². The van der Waals surface area contributed by atoms with Gasteiger partial charge in [-0.1, -0.05) is 0 Å². The summed E-state index contributed by atoms with van der Waals surface area (Å²) in [5, 5.41) is 21.7. The summed E-state index contributed by atoms with van der Waals surface area (Å²) in [7, 11) is 1.53. The predicted molar refractivity (Wildman–Crippen MR) is 56.9 cm³/mol. The van der Waals surface area contributed by atoms with Crippen LogP contribution in [-0.4, -0.2) is 23.0 Å². The van der Waals surface area contributed by atoms with Crippen LogP contribution in [0.25, 0.3) is 0 Å². The third-order valence-electron chi connectivity index (χ3n) is 1.71. The molecule has 0 saturated heterocycles. The van der Waals surface area contributed by atoms with E-state index in [1.807, 2.05) is 0 Å². The fourth-order valence-electron chi connectivity index (χ4n) is 1.03. The van der Waals surface area contributed by atoms with Gasteiger partial charge in [0.1, 0.15) is 5.69 Å². The highest BCUT2D eigenvalue weighted by molar-refractivity contribution is 5.89. The maximum Gasteiger partial charge on any atom is 0.335 e. The summed E-state index contributed by atoms with van der Waals surface area (Å²) in [5.74, 6) is -1.18. The first-order valence-corrected chi connectivity index (χ1v) is 3.75. The second-order valence-corrected chi connectivity index (χ2v) is 2.54. The minimum Gasteiger partial charge on any atom is -0.478 e. The average Bonchev–Trinajstić information content (AvgIpc) is 2.16. The van der Waals surface area contributed by atoms with Crippen LogP contribution in [0.1, 0.15) is 10.4 Å². The lowest BCUT2D eigenvalue weighted by Gasteiger charge is -2.02. The molecule has 0 saturated carbocycles. The molecule has 1 aromatic rings. The summed E-state index contributed by atoms with van der Waals surface area (Å²) in [5.41, 5.74) is -0.0527. The van der Waals surface area contributed by atoms with E-state index in [1.165, 1.54) is 19.2 Å². The number of nitro groups is 1. The molecule has 0 amide bonds. The number of benzene rings is 1. The van der Waals surface area contributed by atoms with Crippen molar-refractivity contribution >= 4 is 29.8 Å². The molecular weight excluding hydrogens is 224 g/mol. The number of halogens is 1. The SMILES string of the molecule is CNc1ccc(C(=O)O)cc1[N+](=O)[O-].Cl. The van der Waals surface area contributed by atoms with Gasteiger partial charge in [0.05, 0.1) is 10.5 Å². The van der Waals surface area contributed by atoms with Crippen LogP contribution in [0.3, 0.4) is 0 Å². The molecule has 0 aromatic heterocycles. The van der Waals surface area contributed by atoms with Crippen LogP contribution in [0.4, 0.5) is 11.4 Å². The zero-order valence-corrected chi connectivity index (χ0v) is 8.58. The summed E-state index contributed by atoms with van der Waals surface area (Å²) in [4.78, 5) is 20.4. The van der Waals surface area contributed by atoms with Gasteiger partial charge in [0.25, 0.3) is 5.69 Å². The normalized spacial score (nSPS) is 8.87. The Morgan fingerprint density at radius 2 is 2.13 bits per heavy atom. The largest absolute Gasteiger partial charge is 0.478 e. The molecule has 0 aliphatic carbocycles. The number of carbonyl (C=O) groups is 1. The number of hydrogen-bond acceptors (Lipinski definition) is 4. The Bertz CT molecular complexity index is 394. The van der Waals surface area contributed by atoms with Crippen molar-refractivity contribution in [3.8, 4) is 0 Å². The highest BCUT2D eigenvalue weighted by Gasteiger charge is 2.15. The number of rotatable bonds is 3. The Morgan fingerprint density at radius 3 is 2.53 bits per heavy atom. The maximum atomic E-state index is 10.5. The Hall–Kier alpha value is -1.82. The predicted octanol–water partition coefficient (Wildman–Crippen LogP) is 1.76. The molecule has 1 aromatic carbocycles. The fourth-order valence-corrected chi connectivity index (χ4v) is 1.03. The molecule has 15 heavy (non-hydrogen) atoms. The second-order valence-electron chi connectivity index (χ2n) is 2.54. The van der Waals surface area contributed by atoms with Crippen molar-refractivity contribution in [2.75, 3.05) is 12.4 Å². The molecular formula is C8H9ClN2O4. The standard InChI is InChI=1S/C8H8N2O4.ClH/c1-9-6-3-2-5(8(11)12)4-7(6)10(13)14;/h2-4,9H,1H3,(H,11,12);1H. The summed E-state index contributed by atoms with van der Waals surface area (Å²) in [6, 6.07) is 3.69. The van der Waals surface area contributed by atoms with Crippen LogP contribution in [0.5, 0.6) is 0 Å². The van der Waals surface area contributed by atoms with E-state index in [-0.39, 0.29) is 23.7 Å². The van der Waals surface area contributed by atoms with Gasteiger partial charge in [-0.2, -0.15) is 0 Å². The Balaban J connectivity index is 0.00000196. The highest BCUT2D eigenvalue weighted by Crippen LogP contribution is 2.24. The summed E-state index contributed by atoms with van der Waals surface area (Å²) < 4.78 is 0. The van der Waals surface area contributed by atoms with Crippen LogP contribution in [0.15, 0.2) is 18.2 Å². The molecule has 0 heterocycles. The van der Waals surface area contributed by atoms with Gasteiger partial charge >= 0.3 is 5.97 Å². The van der Waals surface area contributed by atoms with Crippen molar-refractivity contribution in [3.63, 3.8) is 0 Å². The summed E-state index contributed by atoms with van der Waals surface area (Å²) >= 11 is 0. The number of carboxylic acid groups (broad SMARTS) is 1. The molecule has 0 fully saturated rings. The van der Waals surface area contributed by atoms with E-state index < -0.39 is 10.9 Å². The van der Waals surface area contributed by atoms with Crippen LogP contribution in [0.2, 0.25) is 0 Å². The zero-order chi connectivity index (χ0) is 10.7. The minimum absolute atomic E-state index is 0. The van der Waals surface area contributed by atoms with Gasteiger partial charge < -0.3 is 10.4 Å². The number of nitro benzene ring substituents is 1. The van der Waals surface area contributed by atoms with Gasteiger partial charge in [0, 0.05) is 13.1 Å². The first-order chi connectivity index (χ1) is 6.56. The van der Waals surface area contributed by atoms with E-state index in [1.54, 1.807) is 0 Å². The van der Waals surface area contributed by atoms with Crippen molar-refractivity contribution in [1.29, 1.82) is 0 Å². The molecule has 0 radical (unpaired) electrons. The number of anilines is 1. The zero-order valence-electron chi connectivity index (χ0n) is 7.76. The van der Waals surface area contributed by atoms with E-state index >= 15 is 0 Å². The van der Waals surface area contributed by atoms with E-state index in [4.69, 9.17) is 5.11 Å². The van der Waals surface area contributed by atoms with Crippen LogP contribution >= 0.6 is 12.4 Å². The lowest BCUT2D eigenvalue weighted by molar-refractivity contribution is -0.384. The van der Waals surface area contributed by atoms with Gasteiger partial charge in [-0.25, -0.2) is 4.79 Å². The molecule has 0 spiro atoms. The van der Waals surface area contributed by atoms with Crippen LogP contribution in [0, 0.1) is 10.1 Å². The number of nitrogens with one attached hydrogen (secondary N) is 1. The monoisotopic (exact) mass is 232 g/mol. The van der Waals surface area contributed by atoms with E-state index in [0.29, 0.717) is 5.69 Å². The first kappa shape index (κ1) is 13.2. The van der Waals surface area contributed by atoms with Crippen LogP contribution < -0.4 is 5.32 Å². The van der Waals surface area contributed by atoms with E-state index in [2.05, 4.69) is 5.32 Å². The molecule has 0 bridgehead atoms. The molecule has 0 aliphatic heterocycles. The second kappa shape index (κ2) is 5.16. The van der Waals surface area contributed by atoms with E-state index in [0.717, 1.165) is 6.07 Å². The summed E-state index contributed by atoms with van der Waals surface area (Å²) in [6.45, 7) is 0. The number of nitrogens with zero attached hydrogens (tertiary/aromatic N) is 1. The van der Waals surface area contributed by atoms with Gasteiger partial charge in [-0.15, -0.1) is 12.4 Å². The Kier molecular flexibility index (Phi) is 4.53. The van der Waals surface area contributed by atoms with Crippen molar-refractivity contribution in [2.24, 2.45) is 0 Å². The maximum absolute atomic E-state index is 10.5. The smallest absolute Gasteiger partial charge is 0.335 e. The minimum atomic E-state index is -1.18. The highest BCUT2D eigenvalue weighted by atomic mass is 35.5. The topological polar surface area (TPSA) is 92.5 Å². The average molecular weight is 233 g/mol. The molecule has 0 aliphatic rings. The van der Waals surface area contributed by atoms with Gasteiger partial charge in [0.15, 0.2) is 0 Å². The molecule has 1 rings (SSSR count). The van der Waals surface area contributed by atoms with E-state index in [9.17, 15) is 14.9 Å². The Labute approximate surface area is 91.5 Å². The quantitative estimate of drug-likeness (QED) is 0.612. The van der Waals surface area contributed by atoms with Crippen molar-refractivity contribution in [2.45, 2.75) is 0 Å². The number of aromatic carboxylic acids is 1. The van der Waals surface area contributed by atoms with Gasteiger partial charge in [0.2, 0.25) is 0 Å². The third kappa shape index (κ3) is 2.81. The summed E-state index contributed by atoms with van der Waals surface area (Å²) in [6.07, 6.45) is 0. The molecule has 6 nitrogen and oxygen atoms in total. The van der Waals surface area contributed by atoms with Crippen LogP contribution in [-0.2, 0) is 0 Å². The lowest BCUT2D eigenvalue weighted by Crippen LogP contribution is -2.01. The first-order valence-electron chi connectivity index (χ1n) is 3.75. The van der Waals surface area contributed by atoms with Crippen molar-refractivity contribution in [1.82, 2.24) is 0 Å². The molecule has 0 atom stereocenters. The number of carboxylic acids is 1. The molecule has 0 unspecified atom stereocenters. The Morgan fingerprint density at radius 1 is 1.53 bits per heavy atom. The number of hydrogen-bond donors (Lipinski definition) is 2. The molecule has 2 N–H and O–H groups in total. The van der Waals surface area contributed by atoms with Gasteiger partial charge in [-0.3, -0.25) is 10.1 Å². The lowest BCUT2D eigenvalue weighted by atomic mass is 10.2. The molecule has 7 heteroatoms. The molecule has 82 valence electrons.